The van der Waals surface area contributed by atoms with E-state index in [0.717, 1.165) is 29.9 Å². The summed E-state index contributed by atoms with van der Waals surface area (Å²) in [6, 6.07) is 5.99. The maximum absolute atomic E-state index is 6.10. The number of hydrogen-bond donors (Lipinski definition) is 1. The molecular weight excluding hydrogens is 240 g/mol. The van der Waals surface area contributed by atoms with Crippen LogP contribution in [-0.2, 0) is 0 Å². The molecule has 1 fully saturated rings. The van der Waals surface area contributed by atoms with Gasteiger partial charge in [-0.25, -0.2) is 9.66 Å². The van der Waals surface area contributed by atoms with Crippen LogP contribution in [0.4, 0.5) is 5.95 Å². The van der Waals surface area contributed by atoms with Gasteiger partial charge in [0.05, 0.1) is 12.1 Å². The van der Waals surface area contributed by atoms with Crippen molar-refractivity contribution in [1.82, 2.24) is 9.66 Å². The first-order chi connectivity index (χ1) is 9.31. The fourth-order valence-corrected chi connectivity index (χ4v) is 2.73. The van der Waals surface area contributed by atoms with Crippen LogP contribution >= 0.6 is 0 Å². The number of nitrogen functional groups attached to an aromatic ring is 1. The summed E-state index contributed by atoms with van der Waals surface area (Å²) in [5.74, 6) is 1.35. The smallest absolute Gasteiger partial charge is 0.220 e. The van der Waals surface area contributed by atoms with E-state index in [0.29, 0.717) is 12.6 Å². The molecule has 1 aliphatic heterocycles. The van der Waals surface area contributed by atoms with Crippen LogP contribution in [0.25, 0.3) is 11.0 Å². The molecule has 1 aliphatic rings. The maximum atomic E-state index is 6.10. The number of benzene rings is 1. The number of hydrogen-bond acceptors (Lipinski definition) is 4. The molecule has 19 heavy (non-hydrogen) atoms. The van der Waals surface area contributed by atoms with Crippen molar-refractivity contribution in [2.75, 3.05) is 30.4 Å². The van der Waals surface area contributed by atoms with E-state index >= 15 is 0 Å². The fourth-order valence-electron chi connectivity index (χ4n) is 2.73. The van der Waals surface area contributed by atoms with Crippen molar-refractivity contribution in [3.8, 4) is 5.75 Å². The van der Waals surface area contributed by atoms with Gasteiger partial charge < -0.3 is 15.5 Å². The second kappa shape index (κ2) is 4.99. The van der Waals surface area contributed by atoms with Gasteiger partial charge in [0.1, 0.15) is 11.3 Å². The third kappa shape index (κ3) is 2.09. The third-order valence-electron chi connectivity index (χ3n) is 3.56. The Hall–Kier alpha value is -1.91. The second-order valence-corrected chi connectivity index (χ2v) is 4.85. The molecule has 1 aromatic carbocycles. The Bertz CT molecular complexity index is 572. The van der Waals surface area contributed by atoms with Gasteiger partial charge in [0.25, 0.3) is 0 Å². The highest BCUT2D eigenvalue weighted by Gasteiger charge is 2.18. The van der Waals surface area contributed by atoms with E-state index < -0.39 is 0 Å². The molecule has 102 valence electrons. The van der Waals surface area contributed by atoms with Crippen molar-refractivity contribution in [2.45, 2.75) is 26.2 Å². The van der Waals surface area contributed by atoms with Crippen molar-refractivity contribution in [3.63, 3.8) is 0 Å². The third-order valence-corrected chi connectivity index (χ3v) is 3.56. The van der Waals surface area contributed by atoms with E-state index in [-0.39, 0.29) is 0 Å². The van der Waals surface area contributed by atoms with E-state index in [9.17, 15) is 0 Å². The highest BCUT2D eigenvalue weighted by molar-refractivity contribution is 5.84. The summed E-state index contributed by atoms with van der Waals surface area (Å²) >= 11 is 0. The van der Waals surface area contributed by atoms with Gasteiger partial charge in [-0.05, 0) is 38.3 Å². The van der Waals surface area contributed by atoms with E-state index in [1.165, 1.54) is 19.3 Å². The first kappa shape index (κ1) is 12.1. The van der Waals surface area contributed by atoms with Gasteiger partial charge in [0.2, 0.25) is 5.95 Å². The molecule has 5 heteroatoms. The predicted octanol–water partition coefficient (Wildman–Crippen LogP) is 2.14. The summed E-state index contributed by atoms with van der Waals surface area (Å²) in [5, 5.41) is 2.28. The van der Waals surface area contributed by atoms with E-state index in [2.05, 4.69) is 16.1 Å². The Morgan fingerprint density at radius 3 is 2.79 bits per heavy atom. The number of imidazole rings is 1. The van der Waals surface area contributed by atoms with Crippen molar-refractivity contribution < 1.29 is 4.74 Å². The zero-order valence-electron chi connectivity index (χ0n) is 11.3. The number of rotatable bonds is 3. The lowest BCUT2D eigenvalue weighted by molar-refractivity contribution is 0.343. The number of anilines is 1. The van der Waals surface area contributed by atoms with Crippen LogP contribution in [-0.4, -0.2) is 29.4 Å². The molecule has 1 saturated heterocycles. The highest BCUT2D eigenvalue weighted by Crippen LogP contribution is 2.28. The molecule has 2 heterocycles. The van der Waals surface area contributed by atoms with Crippen LogP contribution in [0.1, 0.15) is 26.2 Å². The number of fused-ring (bicyclic) bond motifs is 1. The van der Waals surface area contributed by atoms with Crippen LogP contribution in [0.15, 0.2) is 18.2 Å². The molecule has 0 saturated carbocycles. The normalized spacial score (nSPS) is 15.9. The number of nitrogens with two attached hydrogens (primary N) is 1. The molecule has 2 aromatic rings. The minimum Gasteiger partial charge on any atom is -0.492 e. The van der Waals surface area contributed by atoms with E-state index in [4.69, 9.17) is 10.5 Å². The lowest BCUT2D eigenvalue weighted by Crippen LogP contribution is -2.39. The van der Waals surface area contributed by atoms with Gasteiger partial charge in [-0.1, -0.05) is 6.07 Å². The summed E-state index contributed by atoms with van der Waals surface area (Å²) < 4.78 is 7.66. The van der Waals surface area contributed by atoms with Crippen LogP contribution < -0.4 is 15.5 Å². The lowest BCUT2D eigenvalue weighted by atomic mass is 10.2. The Morgan fingerprint density at radius 1 is 1.26 bits per heavy atom. The number of ether oxygens (including phenoxy) is 1. The van der Waals surface area contributed by atoms with Crippen molar-refractivity contribution in [1.29, 1.82) is 0 Å². The van der Waals surface area contributed by atoms with E-state index in [1.54, 1.807) is 0 Å². The van der Waals surface area contributed by atoms with Crippen molar-refractivity contribution in [2.24, 2.45) is 0 Å². The quantitative estimate of drug-likeness (QED) is 0.918. The Kier molecular flexibility index (Phi) is 3.19. The topological polar surface area (TPSA) is 56.3 Å². The monoisotopic (exact) mass is 260 g/mol. The van der Waals surface area contributed by atoms with Crippen LogP contribution in [0.2, 0.25) is 0 Å². The average molecular weight is 260 g/mol. The zero-order chi connectivity index (χ0) is 13.2. The number of piperidine rings is 1. The largest absolute Gasteiger partial charge is 0.492 e. The highest BCUT2D eigenvalue weighted by atomic mass is 16.5. The Labute approximate surface area is 112 Å². The molecule has 0 spiro atoms. The minimum atomic E-state index is 0.545. The Morgan fingerprint density at radius 2 is 2.05 bits per heavy atom. The number of para-hydroxylation sites is 1. The van der Waals surface area contributed by atoms with Crippen LogP contribution in [0.5, 0.6) is 5.75 Å². The predicted molar refractivity (Wildman–Crippen MR) is 77.1 cm³/mol. The van der Waals surface area contributed by atoms with Gasteiger partial charge in [-0.15, -0.1) is 0 Å². The fraction of sp³-hybridized carbons (Fsp3) is 0.500. The zero-order valence-corrected chi connectivity index (χ0v) is 11.3. The first-order valence-corrected chi connectivity index (χ1v) is 6.96. The second-order valence-electron chi connectivity index (χ2n) is 4.85. The summed E-state index contributed by atoms with van der Waals surface area (Å²) in [5.41, 5.74) is 7.99. The van der Waals surface area contributed by atoms with Gasteiger partial charge >= 0.3 is 0 Å². The lowest BCUT2D eigenvalue weighted by Gasteiger charge is -2.30. The van der Waals surface area contributed by atoms with Gasteiger partial charge in [0.15, 0.2) is 0 Å². The molecule has 0 unspecified atom stereocenters. The van der Waals surface area contributed by atoms with Crippen LogP contribution in [0, 0.1) is 0 Å². The molecule has 0 amide bonds. The van der Waals surface area contributed by atoms with Crippen molar-refractivity contribution in [3.05, 3.63) is 18.2 Å². The number of nitrogens with zero attached hydrogens (tertiary/aromatic N) is 3. The molecule has 0 aliphatic carbocycles. The van der Waals surface area contributed by atoms with Gasteiger partial charge in [-0.2, -0.15) is 0 Å². The molecule has 3 rings (SSSR count). The summed E-state index contributed by atoms with van der Waals surface area (Å²) in [6.07, 6.45) is 3.72. The standard InChI is InChI=1S/C14H20N4O/c1-2-19-12-8-6-7-11-13(12)16-14(15)18(11)17-9-4-3-5-10-17/h6-8H,2-5,9-10H2,1H3,(H2,15,16). The molecule has 2 N–H and O–H groups in total. The minimum absolute atomic E-state index is 0.545. The molecule has 0 bridgehead atoms. The van der Waals surface area contributed by atoms with Gasteiger partial charge in [-0.3, -0.25) is 0 Å². The summed E-state index contributed by atoms with van der Waals surface area (Å²) in [7, 11) is 0. The molecular formula is C14H20N4O. The number of aromatic nitrogens is 2. The SMILES string of the molecule is CCOc1cccc2c1nc(N)n2N1CCCCC1. The molecule has 5 nitrogen and oxygen atoms in total. The summed E-state index contributed by atoms with van der Waals surface area (Å²) in [4.78, 5) is 4.48. The van der Waals surface area contributed by atoms with Gasteiger partial charge in [0, 0.05) is 13.1 Å². The maximum Gasteiger partial charge on any atom is 0.220 e. The summed E-state index contributed by atoms with van der Waals surface area (Å²) in [6.45, 7) is 4.68. The molecule has 1 aromatic heterocycles. The van der Waals surface area contributed by atoms with Crippen LogP contribution in [0.3, 0.4) is 0 Å². The Balaban J connectivity index is 2.08. The van der Waals surface area contributed by atoms with Crippen molar-refractivity contribution >= 4 is 17.0 Å². The first-order valence-electron chi connectivity index (χ1n) is 6.96. The van der Waals surface area contributed by atoms with E-state index in [1.807, 2.05) is 23.7 Å². The molecule has 0 radical (unpaired) electrons. The average Bonchev–Trinajstić information content (AvgIpc) is 2.77. The molecule has 0 atom stereocenters.